The number of nitrogens with zero attached hydrogens (tertiary/aromatic N) is 2. The van der Waals surface area contributed by atoms with E-state index in [9.17, 15) is 4.79 Å². The number of carbonyl (C=O) groups is 1. The monoisotopic (exact) mass is 286 g/mol. The molecule has 3 rings (SSSR count). The number of hydrogen-bond acceptors (Lipinski definition) is 4. The summed E-state index contributed by atoms with van der Waals surface area (Å²) in [7, 11) is 0. The minimum Gasteiger partial charge on any atom is -0.381 e. The molecule has 2 N–H and O–H groups in total. The molecule has 0 saturated carbocycles. The molecule has 1 fully saturated rings. The molecule has 0 radical (unpaired) electrons. The van der Waals surface area contributed by atoms with E-state index < -0.39 is 0 Å². The van der Waals surface area contributed by atoms with Gasteiger partial charge in [0, 0.05) is 24.9 Å². The van der Waals surface area contributed by atoms with Crippen molar-refractivity contribution in [2.45, 2.75) is 25.3 Å². The van der Waals surface area contributed by atoms with Crippen LogP contribution in [0.1, 0.15) is 46.9 Å². The van der Waals surface area contributed by atoms with Gasteiger partial charge in [-0.2, -0.15) is 5.10 Å². The van der Waals surface area contributed by atoms with Crippen LogP contribution < -0.4 is 5.32 Å². The van der Waals surface area contributed by atoms with Gasteiger partial charge in [0.05, 0.1) is 30.1 Å². The van der Waals surface area contributed by atoms with Gasteiger partial charge < -0.3 is 10.1 Å². The molecule has 21 heavy (non-hydrogen) atoms. The molecule has 2 aromatic rings. The number of hydrogen-bond donors (Lipinski definition) is 2. The molecule has 0 aliphatic carbocycles. The lowest BCUT2D eigenvalue weighted by molar-refractivity contribution is 0.0938. The van der Waals surface area contributed by atoms with Crippen molar-refractivity contribution in [2.24, 2.45) is 0 Å². The van der Waals surface area contributed by atoms with E-state index in [0.29, 0.717) is 12.2 Å². The molecule has 2 atom stereocenters. The Morgan fingerprint density at radius 1 is 1.52 bits per heavy atom. The zero-order valence-corrected chi connectivity index (χ0v) is 11.9. The summed E-state index contributed by atoms with van der Waals surface area (Å²) in [5.74, 6) is 0.101. The molecule has 0 bridgehead atoms. The molecule has 1 aliphatic rings. The van der Waals surface area contributed by atoms with Crippen LogP contribution in [0.5, 0.6) is 0 Å². The SMILES string of the molecule is C[C@@H](NC(=O)c1cn[nH]c1[C@H]1CCOC1)c1cccnc1. The van der Waals surface area contributed by atoms with E-state index in [1.807, 2.05) is 19.1 Å². The number of aromatic nitrogens is 3. The average Bonchev–Trinajstić information content (AvgIpc) is 3.18. The third kappa shape index (κ3) is 2.95. The second kappa shape index (κ2) is 6.05. The maximum Gasteiger partial charge on any atom is 0.255 e. The fraction of sp³-hybridized carbons (Fsp3) is 0.400. The maximum absolute atomic E-state index is 12.4. The smallest absolute Gasteiger partial charge is 0.255 e. The van der Waals surface area contributed by atoms with E-state index in [-0.39, 0.29) is 17.9 Å². The summed E-state index contributed by atoms with van der Waals surface area (Å²) in [6.45, 7) is 3.31. The van der Waals surface area contributed by atoms with Crippen molar-refractivity contribution < 1.29 is 9.53 Å². The number of carbonyl (C=O) groups excluding carboxylic acids is 1. The summed E-state index contributed by atoms with van der Waals surface area (Å²) < 4.78 is 5.38. The molecule has 1 aliphatic heterocycles. The Bertz CT molecular complexity index is 605. The van der Waals surface area contributed by atoms with E-state index >= 15 is 0 Å². The van der Waals surface area contributed by atoms with Gasteiger partial charge >= 0.3 is 0 Å². The number of amides is 1. The van der Waals surface area contributed by atoms with Crippen molar-refractivity contribution in [3.63, 3.8) is 0 Å². The van der Waals surface area contributed by atoms with E-state index in [0.717, 1.165) is 24.3 Å². The first-order valence-corrected chi connectivity index (χ1v) is 7.07. The molecule has 0 unspecified atom stereocenters. The number of pyridine rings is 1. The van der Waals surface area contributed by atoms with Crippen LogP contribution in [0, 0.1) is 0 Å². The van der Waals surface area contributed by atoms with Crippen LogP contribution >= 0.6 is 0 Å². The molecule has 1 amide bonds. The van der Waals surface area contributed by atoms with Gasteiger partial charge in [-0.3, -0.25) is 14.9 Å². The highest BCUT2D eigenvalue weighted by atomic mass is 16.5. The number of ether oxygens (including phenoxy) is 1. The zero-order valence-electron chi connectivity index (χ0n) is 11.9. The topological polar surface area (TPSA) is 79.9 Å². The average molecular weight is 286 g/mol. The molecule has 0 aromatic carbocycles. The summed E-state index contributed by atoms with van der Waals surface area (Å²) in [5, 5.41) is 9.94. The number of nitrogens with one attached hydrogen (secondary N) is 2. The summed E-state index contributed by atoms with van der Waals surface area (Å²) >= 11 is 0. The molecule has 0 spiro atoms. The molecule has 110 valence electrons. The Balaban J connectivity index is 1.72. The number of aromatic amines is 1. The minimum atomic E-state index is -0.123. The van der Waals surface area contributed by atoms with Crippen molar-refractivity contribution in [3.05, 3.63) is 47.5 Å². The van der Waals surface area contributed by atoms with Gasteiger partial charge in [-0.25, -0.2) is 0 Å². The Labute approximate surface area is 122 Å². The highest BCUT2D eigenvalue weighted by Crippen LogP contribution is 2.26. The van der Waals surface area contributed by atoms with Crippen molar-refractivity contribution in [2.75, 3.05) is 13.2 Å². The van der Waals surface area contributed by atoms with Crippen LogP contribution in [0.15, 0.2) is 30.7 Å². The van der Waals surface area contributed by atoms with Gasteiger partial charge in [0.25, 0.3) is 5.91 Å². The number of rotatable bonds is 4. The molecule has 3 heterocycles. The van der Waals surface area contributed by atoms with E-state index in [1.165, 1.54) is 0 Å². The summed E-state index contributed by atoms with van der Waals surface area (Å²) in [4.78, 5) is 16.5. The van der Waals surface area contributed by atoms with Gasteiger partial charge in [-0.15, -0.1) is 0 Å². The van der Waals surface area contributed by atoms with Gasteiger partial charge in [0.1, 0.15) is 0 Å². The molecular weight excluding hydrogens is 268 g/mol. The molecule has 6 heteroatoms. The highest BCUT2D eigenvalue weighted by molar-refractivity contribution is 5.95. The van der Waals surface area contributed by atoms with Crippen molar-refractivity contribution >= 4 is 5.91 Å². The molecule has 1 saturated heterocycles. The Morgan fingerprint density at radius 2 is 2.43 bits per heavy atom. The second-order valence-corrected chi connectivity index (χ2v) is 5.24. The summed E-state index contributed by atoms with van der Waals surface area (Å²) in [5.41, 5.74) is 2.43. The lowest BCUT2D eigenvalue weighted by Crippen LogP contribution is -2.27. The van der Waals surface area contributed by atoms with E-state index in [2.05, 4.69) is 20.5 Å². The Morgan fingerprint density at radius 3 is 3.14 bits per heavy atom. The first-order valence-electron chi connectivity index (χ1n) is 7.07. The lowest BCUT2D eigenvalue weighted by atomic mass is 10.0. The standard InChI is InChI=1S/C15H18N4O2/c1-10(11-3-2-5-16-7-11)18-15(20)13-8-17-19-14(13)12-4-6-21-9-12/h2-3,5,7-8,10,12H,4,6,9H2,1H3,(H,17,19)(H,18,20)/t10-,12+/m1/s1. The summed E-state index contributed by atoms with van der Waals surface area (Å²) in [6, 6.07) is 3.70. The largest absolute Gasteiger partial charge is 0.381 e. The van der Waals surface area contributed by atoms with Crippen LogP contribution in [0.2, 0.25) is 0 Å². The van der Waals surface area contributed by atoms with Crippen molar-refractivity contribution in [1.29, 1.82) is 0 Å². The van der Waals surface area contributed by atoms with Crippen molar-refractivity contribution in [3.8, 4) is 0 Å². The first kappa shape index (κ1) is 13.8. The van der Waals surface area contributed by atoms with Crippen LogP contribution in [0.3, 0.4) is 0 Å². The summed E-state index contributed by atoms with van der Waals surface area (Å²) in [6.07, 6.45) is 5.97. The van der Waals surface area contributed by atoms with Gasteiger partial charge in [0.2, 0.25) is 0 Å². The molecular formula is C15H18N4O2. The first-order chi connectivity index (χ1) is 10.3. The van der Waals surface area contributed by atoms with Gasteiger partial charge in [-0.1, -0.05) is 6.07 Å². The Hall–Kier alpha value is -2.21. The third-order valence-corrected chi connectivity index (χ3v) is 3.78. The van der Waals surface area contributed by atoms with Crippen LogP contribution in [0.4, 0.5) is 0 Å². The minimum absolute atomic E-state index is 0.103. The van der Waals surface area contributed by atoms with Crippen LogP contribution in [-0.4, -0.2) is 34.3 Å². The van der Waals surface area contributed by atoms with E-state index in [4.69, 9.17) is 4.74 Å². The van der Waals surface area contributed by atoms with E-state index in [1.54, 1.807) is 18.6 Å². The highest BCUT2D eigenvalue weighted by Gasteiger charge is 2.25. The third-order valence-electron chi connectivity index (χ3n) is 3.78. The predicted molar refractivity (Wildman–Crippen MR) is 76.9 cm³/mol. The zero-order chi connectivity index (χ0) is 14.7. The van der Waals surface area contributed by atoms with Crippen LogP contribution in [0.25, 0.3) is 0 Å². The normalized spacial score (nSPS) is 19.4. The lowest BCUT2D eigenvalue weighted by Gasteiger charge is -2.14. The van der Waals surface area contributed by atoms with Crippen molar-refractivity contribution in [1.82, 2.24) is 20.5 Å². The van der Waals surface area contributed by atoms with Crippen LogP contribution in [-0.2, 0) is 4.74 Å². The van der Waals surface area contributed by atoms with Gasteiger partial charge in [-0.05, 0) is 25.0 Å². The second-order valence-electron chi connectivity index (χ2n) is 5.24. The fourth-order valence-corrected chi connectivity index (χ4v) is 2.54. The molecule has 2 aromatic heterocycles. The van der Waals surface area contributed by atoms with Gasteiger partial charge in [0.15, 0.2) is 0 Å². The molecule has 6 nitrogen and oxygen atoms in total. The Kier molecular flexibility index (Phi) is 3.96. The number of H-pyrrole nitrogens is 1. The quantitative estimate of drug-likeness (QED) is 0.898. The fourth-order valence-electron chi connectivity index (χ4n) is 2.54. The maximum atomic E-state index is 12.4. The predicted octanol–water partition coefficient (Wildman–Crippen LogP) is 1.80.